The van der Waals surface area contributed by atoms with Crippen LogP contribution in [0.1, 0.15) is 11.4 Å². The molecule has 0 aliphatic heterocycles. The maximum Gasteiger partial charge on any atom is 0.433 e. The van der Waals surface area contributed by atoms with Crippen molar-refractivity contribution in [1.82, 2.24) is 14.5 Å². The monoisotopic (exact) mass is 319 g/mol. The maximum atomic E-state index is 12.7. The van der Waals surface area contributed by atoms with Gasteiger partial charge in [-0.05, 0) is 28.1 Å². The molecule has 0 N–H and O–H groups in total. The fourth-order valence-electron chi connectivity index (χ4n) is 1.56. The van der Waals surface area contributed by atoms with Gasteiger partial charge >= 0.3 is 6.18 Å². The fraction of sp³-hybridized carbons (Fsp3) is 0.273. The van der Waals surface area contributed by atoms with Gasteiger partial charge in [0.2, 0.25) is 0 Å². The lowest BCUT2D eigenvalue weighted by molar-refractivity contribution is -0.143. The van der Waals surface area contributed by atoms with E-state index in [9.17, 15) is 13.2 Å². The molecule has 0 radical (unpaired) electrons. The topological polar surface area (TPSA) is 30.7 Å². The smallest absolute Gasteiger partial charge is 0.315 e. The van der Waals surface area contributed by atoms with Crippen LogP contribution in [0.25, 0.3) is 0 Å². The Balaban J connectivity index is 2.17. The van der Waals surface area contributed by atoms with Crippen molar-refractivity contribution >= 4 is 15.9 Å². The zero-order valence-electron chi connectivity index (χ0n) is 9.15. The highest BCUT2D eigenvalue weighted by Crippen LogP contribution is 2.31. The van der Waals surface area contributed by atoms with Gasteiger partial charge in [0.1, 0.15) is 5.69 Å². The van der Waals surface area contributed by atoms with Gasteiger partial charge in [-0.1, -0.05) is 6.07 Å². The Hall–Kier alpha value is -1.37. The summed E-state index contributed by atoms with van der Waals surface area (Å²) < 4.78 is 39.3. The van der Waals surface area contributed by atoms with Crippen LogP contribution in [0.2, 0.25) is 0 Å². The second-order valence-electron chi connectivity index (χ2n) is 3.63. The van der Waals surface area contributed by atoms with Gasteiger partial charge in [0.15, 0.2) is 4.73 Å². The zero-order valence-corrected chi connectivity index (χ0v) is 10.7. The van der Waals surface area contributed by atoms with Crippen LogP contribution in [0.15, 0.2) is 35.3 Å². The van der Waals surface area contributed by atoms with E-state index in [-0.39, 0.29) is 11.3 Å². The summed E-state index contributed by atoms with van der Waals surface area (Å²) in [7, 11) is 0. The molecule has 0 fully saturated rings. The van der Waals surface area contributed by atoms with Crippen molar-refractivity contribution < 1.29 is 13.2 Å². The van der Waals surface area contributed by atoms with Crippen molar-refractivity contribution in [2.75, 3.05) is 0 Å². The summed E-state index contributed by atoms with van der Waals surface area (Å²) in [5.41, 5.74) is -0.0171. The number of imidazole rings is 1. The summed E-state index contributed by atoms with van der Waals surface area (Å²) in [6.07, 6.45) is -1.55. The standard InChI is InChI=1S/C11H9BrF3N3/c12-10-17-7-9(11(13,14)15)18(10)6-4-8-3-1-2-5-16-8/h1-3,5,7H,4,6H2. The number of hydrogen-bond acceptors (Lipinski definition) is 2. The minimum absolute atomic E-state index is 0.172. The molecule has 7 heteroatoms. The lowest BCUT2D eigenvalue weighted by atomic mass is 10.2. The third kappa shape index (κ3) is 2.90. The van der Waals surface area contributed by atoms with Gasteiger partial charge in [-0.3, -0.25) is 4.98 Å². The number of hydrogen-bond donors (Lipinski definition) is 0. The number of nitrogens with zero attached hydrogens (tertiary/aromatic N) is 3. The normalized spacial score (nSPS) is 11.8. The van der Waals surface area contributed by atoms with Crippen LogP contribution in [0.5, 0.6) is 0 Å². The number of halogens is 4. The average Bonchev–Trinajstić information content (AvgIpc) is 2.69. The minimum Gasteiger partial charge on any atom is -0.315 e. The lowest BCUT2D eigenvalue weighted by Gasteiger charge is -2.11. The first kappa shape index (κ1) is 13.1. The van der Waals surface area contributed by atoms with Crippen LogP contribution in [-0.2, 0) is 19.1 Å². The Morgan fingerprint density at radius 2 is 2.00 bits per heavy atom. The number of alkyl halides is 3. The Morgan fingerprint density at radius 3 is 2.61 bits per heavy atom. The highest BCUT2D eigenvalue weighted by Gasteiger charge is 2.35. The van der Waals surface area contributed by atoms with E-state index >= 15 is 0 Å². The second-order valence-corrected chi connectivity index (χ2v) is 4.34. The van der Waals surface area contributed by atoms with Crippen molar-refractivity contribution in [1.29, 1.82) is 0 Å². The molecule has 3 nitrogen and oxygen atoms in total. The van der Waals surface area contributed by atoms with Crippen LogP contribution < -0.4 is 0 Å². The number of rotatable bonds is 3. The van der Waals surface area contributed by atoms with E-state index in [1.54, 1.807) is 24.4 Å². The van der Waals surface area contributed by atoms with E-state index in [1.807, 2.05) is 0 Å². The van der Waals surface area contributed by atoms with Crippen LogP contribution in [0, 0.1) is 0 Å². The summed E-state index contributed by atoms with van der Waals surface area (Å²) in [4.78, 5) is 7.70. The van der Waals surface area contributed by atoms with Crippen molar-refractivity contribution in [2.24, 2.45) is 0 Å². The first-order valence-corrected chi connectivity index (χ1v) is 5.96. The van der Waals surface area contributed by atoms with Gasteiger partial charge in [-0.15, -0.1) is 0 Å². The summed E-state index contributed by atoms with van der Waals surface area (Å²) >= 11 is 3.01. The number of aromatic nitrogens is 3. The molecule has 0 saturated heterocycles. The molecule has 18 heavy (non-hydrogen) atoms. The van der Waals surface area contributed by atoms with E-state index in [0.29, 0.717) is 6.42 Å². The molecule has 0 aromatic carbocycles. The quantitative estimate of drug-likeness (QED) is 0.869. The van der Waals surface area contributed by atoms with Crippen molar-refractivity contribution in [3.8, 4) is 0 Å². The summed E-state index contributed by atoms with van der Waals surface area (Å²) in [5.74, 6) is 0. The molecular weight excluding hydrogens is 311 g/mol. The summed E-state index contributed by atoms with van der Waals surface area (Å²) in [6.45, 7) is 0.173. The minimum atomic E-state index is -4.40. The number of pyridine rings is 1. The van der Waals surface area contributed by atoms with Gasteiger partial charge in [0, 0.05) is 24.9 Å². The van der Waals surface area contributed by atoms with Crippen molar-refractivity contribution in [3.63, 3.8) is 0 Å². The third-order valence-electron chi connectivity index (χ3n) is 2.42. The zero-order chi connectivity index (χ0) is 13.2. The number of aryl methyl sites for hydroxylation is 1. The van der Waals surface area contributed by atoms with Crippen LogP contribution >= 0.6 is 15.9 Å². The molecule has 0 bridgehead atoms. The molecular formula is C11H9BrF3N3. The molecule has 0 spiro atoms. The molecule has 2 aromatic heterocycles. The molecule has 2 rings (SSSR count). The van der Waals surface area contributed by atoms with E-state index in [1.165, 1.54) is 0 Å². The Labute approximate surface area is 110 Å². The molecule has 0 amide bonds. The van der Waals surface area contributed by atoms with Gasteiger partial charge in [0.25, 0.3) is 0 Å². The van der Waals surface area contributed by atoms with Crippen LogP contribution in [0.3, 0.4) is 0 Å². The van der Waals surface area contributed by atoms with E-state index in [4.69, 9.17) is 0 Å². The van der Waals surface area contributed by atoms with Crippen LogP contribution in [-0.4, -0.2) is 14.5 Å². The second kappa shape index (κ2) is 5.09. The molecule has 0 atom stereocenters. The molecule has 2 heterocycles. The molecule has 0 saturated carbocycles. The van der Waals surface area contributed by atoms with Gasteiger partial charge in [0.05, 0.1) is 6.20 Å². The van der Waals surface area contributed by atoms with E-state index in [2.05, 4.69) is 25.9 Å². The lowest BCUT2D eigenvalue weighted by Crippen LogP contribution is -2.15. The van der Waals surface area contributed by atoms with E-state index < -0.39 is 11.9 Å². The highest BCUT2D eigenvalue weighted by atomic mass is 79.9. The predicted octanol–water partition coefficient (Wildman–Crippen LogP) is 3.30. The first-order valence-electron chi connectivity index (χ1n) is 5.16. The molecule has 0 aliphatic carbocycles. The third-order valence-corrected chi connectivity index (χ3v) is 3.05. The largest absolute Gasteiger partial charge is 0.433 e. The Morgan fingerprint density at radius 1 is 1.22 bits per heavy atom. The molecule has 0 aliphatic rings. The van der Waals surface area contributed by atoms with Crippen molar-refractivity contribution in [2.45, 2.75) is 19.1 Å². The Bertz CT molecular complexity index is 522. The van der Waals surface area contributed by atoms with Gasteiger partial charge < -0.3 is 4.57 Å². The van der Waals surface area contributed by atoms with Crippen molar-refractivity contribution in [3.05, 3.63) is 46.7 Å². The fourth-order valence-corrected chi connectivity index (χ4v) is 2.04. The first-order chi connectivity index (χ1) is 8.48. The molecule has 2 aromatic rings. The maximum absolute atomic E-state index is 12.7. The van der Waals surface area contributed by atoms with Crippen LogP contribution in [0.4, 0.5) is 13.2 Å². The van der Waals surface area contributed by atoms with Gasteiger partial charge in [-0.25, -0.2) is 4.98 Å². The Kier molecular flexibility index (Phi) is 3.70. The summed E-state index contributed by atoms with van der Waals surface area (Å²) in [5, 5.41) is 0. The SMILES string of the molecule is FC(F)(F)c1cnc(Br)n1CCc1ccccn1. The van der Waals surface area contributed by atoms with E-state index in [0.717, 1.165) is 16.5 Å². The molecule has 96 valence electrons. The summed E-state index contributed by atoms with van der Waals surface area (Å²) in [6, 6.07) is 5.34. The highest BCUT2D eigenvalue weighted by molar-refractivity contribution is 9.10. The average molecular weight is 320 g/mol. The van der Waals surface area contributed by atoms with Gasteiger partial charge in [-0.2, -0.15) is 13.2 Å². The predicted molar refractivity (Wildman–Crippen MR) is 62.9 cm³/mol. The molecule has 0 unspecified atom stereocenters.